The number of phenolic OH excluding ortho intramolecular Hbond substituents is 1. The molecule has 3 fully saturated rings. The molecule has 5 nitrogen and oxygen atoms in total. The standard InChI is InChI=1S/C30H40N2O3/c33-28-13-7-12-24(20-28)25-18-26-14-15-27(19-25)32(26)17-16-31(21-22-8-3-1-4-9-22)30(35)29(34)23-10-5-2-6-11-23/h2,5-7,10-13,20,22,25-27,29,33-34H,1,3-4,8-9,14-19,21H2/t25?,26?,27?,29-/m0/s1. The Hall–Kier alpha value is -2.37. The first-order valence-corrected chi connectivity index (χ1v) is 13.6. The lowest BCUT2D eigenvalue weighted by molar-refractivity contribution is -0.141. The highest BCUT2D eigenvalue weighted by atomic mass is 16.3. The molecule has 2 bridgehead atoms. The van der Waals surface area contributed by atoms with E-state index in [0.29, 0.717) is 41.8 Å². The summed E-state index contributed by atoms with van der Waals surface area (Å²) in [4.78, 5) is 18.1. The summed E-state index contributed by atoms with van der Waals surface area (Å²) >= 11 is 0. The van der Waals surface area contributed by atoms with Crippen molar-refractivity contribution in [1.82, 2.24) is 9.80 Å². The second kappa shape index (κ2) is 11.1. The van der Waals surface area contributed by atoms with Crippen molar-refractivity contribution >= 4 is 5.91 Å². The molecule has 2 aromatic carbocycles. The van der Waals surface area contributed by atoms with Gasteiger partial charge in [-0.25, -0.2) is 0 Å². The summed E-state index contributed by atoms with van der Waals surface area (Å²) < 4.78 is 0. The second-order valence-corrected chi connectivity index (χ2v) is 11.0. The lowest BCUT2D eigenvalue weighted by Gasteiger charge is -2.41. The van der Waals surface area contributed by atoms with E-state index in [1.807, 2.05) is 47.4 Å². The molecule has 0 aromatic heterocycles. The number of nitrogens with zero attached hydrogens (tertiary/aromatic N) is 2. The van der Waals surface area contributed by atoms with Crippen LogP contribution in [0.5, 0.6) is 5.75 Å². The van der Waals surface area contributed by atoms with Gasteiger partial charge in [-0.15, -0.1) is 0 Å². The number of benzene rings is 2. The molecule has 2 saturated heterocycles. The normalized spacial score (nSPS) is 25.9. The molecule has 2 aromatic rings. The van der Waals surface area contributed by atoms with Gasteiger partial charge in [-0.05, 0) is 73.6 Å². The Labute approximate surface area is 209 Å². The molecule has 0 radical (unpaired) electrons. The van der Waals surface area contributed by atoms with Gasteiger partial charge in [0.15, 0.2) is 6.10 Å². The van der Waals surface area contributed by atoms with Crippen LogP contribution in [0.25, 0.3) is 0 Å². The molecule has 3 atom stereocenters. The smallest absolute Gasteiger partial charge is 0.256 e. The fraction of sp³-hybridized carbons (Fsp3) is 0.567. The van der Waals surface area contributed by atoms with Crippen LogP contribution in [-0.4, -0.2) is 57.6 Å². The zero-order valence-electron chi connectivity index (χ0n) is 20.8. The third kappa shape index (κ3) is 5.73. The molecule has 1 saturated carbocycles. The number of aliphatic hydroxyl groups is 1. The lowest BCUT2D eigenvalue weighted by Crippen LogP contribution is -2.48. The molecule has 35 heavy (non-hydrogen) atoms. The number of phenols is 1. The van der Waals surface area contributed by atoms with Gasteiger partial charge in [-0.3, -0.25) is 9.69 Å². The van der Waals surface area contributed by atoms with E-state index in [4.69, 9.17) is 0 Å². The molecule has 0 spiro atoms. The average Bonchev–Trinajstić information content (AvgIpc) is 3.13. The molecule has 5 rings (SSSR count). The van der Waals surface area contributed by atoms with E-state index < -0.39 is 6.10 Å². The number of carbonyl (C=O) groups excluding carboxylic acids is 1. The molecule has 2 N–H and O–H groups in total. The topological polar surface area (TPSA) is 64.0 Å². The minimum atomic E-state index is -1.09. The van der Waals surface area contributed by atoms with Gasteiger partial charge < -0.3 is 15.1 Å². The number of hydrogen-bond donors (Lipinski definition) is 2. The van der Waals surface area contributed by atoms with Gasteiger partial charge in [0.05, 0.1) is 0 Å². The van der Waals surface area contributed by atoms with Crippen LogP contribution in [0.1, 0.15) is 80.9 Å². The summed E-state index contributed by atoms with van der Waals surface area (Å²) in [6.45, 7) is 2.32. The van der Waals surface area contributed by atoms with Crippen LogP contribution in [0, 0.1) is 5.92 Å². The fourth-order valence-electron chi connectivity index (χ4n) is 6.85. The van der Waals surface area contributed by atoms with Gasteiger partial charge in [-0.2, -0.15) is 0 Å². The van der Waals surface area contributed by atoms with Crippen molar-refractivity contribution in [1.29, 1.82) is 0 Å². The van der Waals surface area contributed by atoms with Crippen molar-refractivity contribution in [3.05, 3.63) is 65.7 Å². The molecule has 2 aliphatic heterocycles. The Kier molecular flexibility index (Phi) is 7.74. The molecule has 3 aliphatic rings. The quantitative estimate of drug-likeness (QED) is 0.547. The predicted octanol–water partition coefficient (Wildman–Crippen LogP) is 5.25. The minimum absolute atomic E-state index is 0.149. The number of carbonyl (C=O) groups is 1. The molecule has 2 unspecified atom stereocenters. The molecule has 1 amide bonds. The van der Waals surface area contributed by atoms with Crippen molar-refractivity contribution in [2.24, 2.45) is 5.92 Å². The number of hydrogen-bond acceptors (Lipinski definition) is 4. The number of aromatic hydroxyl groups is 1. The average molecular weight is 477 g/mol. The van der Waals surface area contributed by atoms with E-state index in [2.05, 4.69) is 11.0 Å². The lowest BCUT2D eigenvalue weighted by atomic mass is 9.85. The van der Waals surface area contributed by atoms with Crippen LogP contribution >= 0.6 is 0 Å². The van der Waals surface area contributed by atoms with Crippen molar-refractivity contribution in [3.63, 3.8) is 0 Å². The van der Waals surface area contributed by atoms with Crippen LogP contribution in [-0.2, 0) is 4.79 Å². The largest absolute Gasteiger partial charge is 0.508 e. The number of fused-ring (bicyclic) bond motifs is 2. The van der Waals surface area contributed by atoms with Gasteiger partial charge in [-0.1, -0.05) is 61.7 Å². The Balaban J connectivity index is 1.25. The summed E-state index contributed by atoms with van der Waals surface area (Å²) in [7, 11) is 0. The first kappa shape index (κ1) is 24.3. The maximum atomic E-state index is 13.5. The maximum absolute atomic E-state index is 13.5. The Morgan fingerprint density at radius 1 is 0.943 bits per heavy atom. The minimum Gasteiger partial charge on any atom is -0.508 e. The number of piperidine rings is 1. The van der Waals surface area contributed by atoms with Crippen molar-refractivity contribution in [2.75, 3.05) is 19.6 Å². The molecule has 5 heteroatoms. The molecule has 2 heterocycles. The molecular weight excluding hydrogens is 436 g/mol. The zero-order chi connectivity index (χ0) is 24.2. The predicted molar refractivity (Wildman–Crippen MR) is 138 cm³/mol. The van der Waals surface area contributed by atoms with E-state index in [0.717, 1.165) is 25.9 Å². The molecule has 1 aliphatic carbocycles. The van der Waals surface area contributed by atoms with E-state index in [1.165, 1.54) is 50.5 Å². The van der Waals surface area contributed by atoms with Gasteiger partial charge >= 0.3 is 0 Å². The molecule has 188 valence electrons. The van der Waals surface area contributed by atoms with E-state index in [1.54, 1.807) is 6.07 Å². The van der Waals surface area contributed by atoms with Gasteiger partial charge in [0.25, 0.3) is 5.91 Å². The van der Waals surface area contributed by atoms with E-state index in [-0.39, 0.29) is 5.91 Å². The summed E-state index contributed by atoms with van der Waals surface area (Å²) in [5, 5.41) is 20.8. The van der Waals surface area contributed by atoms with E-state index >= 15 is 0 Å². The van der Waals surface area contributed by atoms with Crippen LogP contribution in [0.3, 0.4) is 0 Å². The first-order valence-electron chi connectivity index (χ1n) is 13.6. The highest BCUT2D eigenvalue weighted by Crippen LogP contribution is 2.43. The zero-order valence-corrected chi connectivity index (χ0v) is 20.8. The van der Waals surface area contributed by atoms with Gasteiger partial charge in [0, 0.05) is 31.7 Å². The Bertz CT molecular complexity index is 961. The summed E-state index contributed by atoms with van der Waals surface area (Å²) in [5.41, 5.74) is 1.93. The fourth-order valence-corrected chi connectivity index (χ4v) is 6.85. The number of amides is 1. The SMILES string of the molecule is O=C([C@@H](O)c1ccccc1)N(CCN1C2CCC1CC(c1cccc(O)c1)C2)CC1CCCCC1. The van der Waals surface area contributed by atoms with Crippen molar-refractivity contribution < 1.29 is 15.0 Å². The van der Waals surface area contributed by atoms with Crippen LogP contribution in [0.4, 0.5) is 0 Å². The summed E-state index contributed by atoms with van der Waals surface area (Å²) in [5.74, 6) is 1.24. The number of rotatable bonds is 8. The highest BCUT2D eigenvalue weighted by molar-refractivity contribution is 5.82. The maximum Gasteiger partial charge on any atom is 0.256 e. The summed E-state index contributed by atoms with van der Waals surface area (Å²) in [6.07, 6.45) is 9.74. The van der Waals surface area contributed by atoms with Crippen LogP contribution < -0.4 is 0 Å². The molecular formula is C30H40N2O3. The number of aliphatic hydroxyl groups excluding tert-OH is 1. The summed E-state index contributed by atoms with van der Waals surface area (Å²) in [6, 6.07) is 18.2. The van der Waals surface area contributed by atoms with Crippen molar-refractivity contribution in [2.45, 2.75) is 81.9 Å². The second-order valence-electron chi connectivity index (χ2n) is 11.0. The third-order valence-corrected chi connectivity index (χ3v) is 8.72. The first-order chi connectivity index (χ1) is 17.1. The third-order valence-electron chi connectivity index (χ3n) is 8.72. The van der Waals surface area contributed by atoms with E-state index in [9.17, 15) is 15.0 Å². The highest BCUT2D eigenvalue weighted by Gasteiger charge is 2.41. The Morgan fingerprint density at radius 2 is 1.66 bits per heavy atom. The van der Waals surface area contributed by atoms with Crippen LogP contribution in [0.2, 0.25) is 0 Å². The van der Waals surface area contributed by atoms with Crippen molar-refractivity contribution in [3.8, 4) is 5.75 Å². The monoisotopic (exact) mass is 476 g/mol. The van der Waals surface area contributed by atoms with Gasteiger partial charge in [0.2, 0.25) is 0 Å². The van der Waals surface area contributed by atoms with Crippen LogP contribution in [0.15, 0.2) is 54.6 Å². The Morgan fingerprint density at radius 3 is 2.34 bits per heavy atom. The van der Waals surface area contributed by atoms with Gasteiger partial charge in [0.1, 0.15) is 5.75 Å².